The number of aliphatic hydroxyl groups is 1. The summed E-state index contributed by atoms with van der Waals surface area (Å²) in [5.74, 6) is -3.87. The lowest BCUT2D eigenvalue weighted by molar-refractivity contribution is -0.143. The second kappa shape index (κ2) is 13.0. The molecule has 12 heteroatoms. The molecule has 8 N–H and O–H groups in total. The maximum Gasteiger partial charge on any atom is 0.326 e. The average Bonchev–Trinajstić information content (AvgIpc) is 2.74. The van der Waals surface area contributed by atoms with Gasteiger partial charge in [-0.3, -0.25) is 14.4 Å². The van der Waals surface area contributed by atoms with E-state index in [1.54, 1.807) is 13.8 Å². The highest BCUT2D eigenvalue weighted by Crippen LogP contribution is 2.12. The summed E-state index contributed by atoms with van der Waals surface area (Å²) in [6, 6.07) is 0.974. The number of carboxylic acids is 1. The van der Waals surface area contributed by atoms with Crippen LogP contribution in [0.4, 0.5) is 0 Å². The summed E-state index contributed by atoms with van der Waals surface area (Å²) in [5, 5.41) is 36.1. The van der Waals surface area contributed by atoms with Gasteiger partial charge in [0, 0.05) is 12.2 Å². The van der Waals surface area contributed by atoms with E-state index >= 15 is 0 Å². The Balaban J connectivity index is 2.94. The van der Waals surface area contributed by atoms with Gasteiger partial charge >= 0.3 is 5.97 Å². The van der Waals surface area contributed by atoms with Crippen molar-refractivity contribution in [1.82, 2.24) is 16.0 Å². The van der Waals surface area contributed by atoms with Crippen LogP contribution in [0, 0.1) is 5.92 Å². The number of aliphatic hydroxyl groups excluding tert-OH is 1. The van der Waals surface area contributed by atoms with Crippen LogP contribution >= 0.6 is 12.6 Å². The van der Waals surface area contributed by atoms with Gasteiger partial charge in [-0.25, -0.2) is 4.79 Å². The summed E-state index contributed by atoms with van der Waals surface area (Å²) < 4.78 is 0. The van der Waals surface area contributed by atoms with Crippen LogP contribution in [0.25, 0.3) is 0 Å². The molecule has 0 spiro atoms. The zero-order valence-electron chi connectivity index (χ0n) is 18.7. The number of phenolic OH excluding ortho intramolecular Hbond substituents is 1. The van der Waals surface area contributed by atoms with E-state index in [0.717, 1.165) is 0 Å². The van der Waals surface area contributed by atoms with Crippen molar-refractivity contribution in [3.8, 4) is 5.75 Å². The highest BCUT2D eigenvalue weighted by atomic mass is 32.1. The number of hydrogen-bond donors (Lipinski definition) is 8. The molecule has 0 aliphatic rings. The Morgan fingerprint density at radius 3 is 1.91 bits per heavy atom. The van der Waals surface area contributed by atoms with Crippen molar-refractivity contribution in [1.29, 1.82) is 0 Å². The van der Waals surface area contributed by atoms with Crippen molar-refractivity contribution in [3.05, 3.63) is 29.8 Å². The van der Waals surface area contributed by atoms with Crippen molar-refractivity contribution in [3.63, 3.8) is 0 Å². The molecule has 0 radical (unpaired) electrons. The predicted molar refractivity (Wildman–Crippen MR) is 124 cm³/mol. The van der Waals surface area contributed by atoms with Gasteiger partial charge < -0.3 is 37.0 Å². The van der Waals surface area contributed by atoms with Crippen LogP contribution in [-0.4, -0.2) is 75.0 Å². The van der Waals surface area contributed by atoms with Crippen LogP contribution in [0.3, 0.4) is 0 Å². The van der Waals surface area contributed by atoms with Crippen molar-refractivity contribution >= 4 is 36.3 Å². The Morgan fingerprint density at radius 1 is 0.939 bits per heavy atom. The Kier molecular flexibility index (Phi) is 11.1. The fourth-order valence-corrected chi connectivity index (χ4v) is 3.02. The van der Waals surface area contributed by atoms with Gasteiger partial charge in [-0.05, 0) is 30.5 Å². The molecule has 1 aromatic rings. The number of carboxylic acid groups (broad SMARTS) is 1. The molecule has 11 nitrogen and oxygen atoms in total. The smallest absolute Gasteiger partial charge is 0.326 e. The first-order valence-corrected chi connectivity index (χ1v) is 11.0. The molecule has 5 unspecified atom stereocenters. The first kappa shape index (κ1) is 28.2. The maximum absolute atomic E-state index is 12.8. The maximum atomic E-state index is 12.8. The number of carbonyl (C=O) groups excluding carboxylic acids is 3. The third-order valence-corrected chi connectivity index (χ3v) is 5.23. The summed E-state index contributed by atoms with van der Waals surface area (Å²) in [5.41, 5.74) is 6.17. The number of nitrogens with one attached hydrogen (secondary N) is 3. The van der Waals surface area contributed by atoms with Crippen LogP contribution in [0.2, 0.25) is 0 Å². The van der Waals surface area contributed by atoms with Crippen molar-refractivity contribution in [2.45, 2.75) is 57.5 Å². The highest BCUT2D eigenvalue weighted by molar-refractivity contribution is 7.80. The fraction of sp³-hybridized carbons (Fsp3) is 0.524. The fourth-order valence-electron chi connectivity index (χ4n) is 2.86. The summed E-state index contributed by atoms with van der Waals surface area (Å²) in [6.07, 6.45) is -1.45. The zero-order valence-corrected chi connectivity index (χ0v) is 19.6. The number of rotatable bonds is 12. The molecular weight excluding hydrogens is 452 g/mol. The summed E-state index contributed by atoms with van der Waals surface area (Å²) >= 11 is 3.95. The molecule has 0 aliphatic heterocycles. The third kappa shape index (κ3) is 8.91. The largest absolute Gasteiger partial charge is 0.508 e. The molecule has 5 atom stereocenters. The van der Waals surface area contributed by atoms with Crippen molar-refractivity contribution in [2.75, 3.05) is 5.75 Å². The van der Waals surface area contributed by atoms with Gasteiger partial charge in [0.2, 0.25) is 17.7 Å². The van der Waals surface area contributed by atoms with Gasteiger partial charge in [-0.15, -0.1) is 0 Å². The molecule has 3 amide bonds. The van der Waals surface area contributed by atoms with Crippen LogP contribution in [0.15, 0.2) is 24.3 Å². The van der Waals surface area contributed by atoms with Crippen molar-refractivity contribution in [2.24, 2.45) is 11.7 Å². The number of aliphatic carboxylic acids is 1. The van der Waals surface area contributed by atoms with Crippen LogP contribution in [0.5, 0.6) is 5.75 Å². The van der Waals surface area contributed by atoms with Crippen LogP contribution in [-0.2, 0) is 25.6 Å². The van der Waals surface area contributed by atoms with Gasteiger partial charge in [0.1, 0.15) is 23.9 Å². The molecule has 0 saturated carbocycles. The lowest BCUT2D eigenvalue weighted by Crippen LogP contribution is -2.61. The van der Waals surface area contributed by atoms with E-state index in [-0.39, 0.29) is 23.8 Å². The van der Waals surface area contributed by atoms with Gasteiger partial charge in [-0.2, -0.15) is 12.6 Å². The first-order chi connectivity index (χ1) is 15.4. The molecule has 1 rings (SSSR count). The quantitative estimate of drug-likeness (QED) is 0.169. The van der Waals surface area contributed by atoms with Gasteiger partial charge in [-0.1, -0.05) is 26.0 Å². The van der Waals surface area contributed by atoms with Gasteiger partial charge in [0.25, 0.3) is 0 Å². The number of thiol groups is 1. The number of carbonyl (C=O) groups is 4. The van der Waals surface area contributed by atoms with Gasteiger partial charge in [0.15, 0.2) is 0 Å². The lowest BCUT2D eigenvalue weighted by atomic mass is 10.0. The van der Waals surface area contributed by atoms with Crippen molar-refractivity contribution < 1.29 is 34.5 Å². The Labute approximate surface area is 197 Å². The number of benzene rings is 1. The molecule has 1 aromatic carbocycles. The molecule has 0 aromatic heterocycles. The van der Waals surface area contributed by atoms with E-state index in [9.17, 15) is 34.5 Å². The predicted octanol–water partition coefficient (Wildman–Crippen LogP) is -1.23. The SMILES string of the molecule is CC(C)C(NC(=O)C(N)CS)C(=O)NC(C(=O)NC(Cc1ccc(O)cc1)C(=O)O)C(C)O. The van der Waals surface area contributed by atoms with Crippen LogP contribution < -0.4 is 21.7 Å². The summed E-state index contributed by atoms with van der Waals surface area (Å²) in [6.45, 7) is 4.61. The summed E-state index contributed by atoms with van der Waals surface area (Å²) in [7, 11) is 0. The highest BCUT2D eigenvalue weighted by Gasteiger charge is 2.33. The minimum Gasteiger partial charge on any atom is -0.508 e. The first-order valence-electron chi connectivity index (χ1n) is 10.3. The third-order valence-electron chi connectivity index (χ3n) is 4.83. The van der Waals surface area contributed by atoms with E-state index in [1.165, 1.54) is 31.2 Å². The topological polar surface area (TPSA) is 191 Å². The zero-order chi connectivity index (χ0) is 25.3. The molecule has 0 saturated heterocycles. The standard InChI is InChI=1S/C21H32N4O7S/c1-10(2)16(24-18(28)14(22)9-33)19(29)25-17(11(3)26)20(30)23-15(21(31)32)8-12-4-6-13(27)7-5-12/h4-7,10-11,14-17,26-27,33H,8-9,22H2,1-3H3,(H,23,30)(H,24,28)(H,25,29)(H,31,32). The second-order valence-corrected chi connectivity index (χ2v) is 8.38. The lowest BCUT2D eigenvalue weighted by Gasteiger charge is -2.28. The molecular formula is C21H32N4O7S. The minimum atomic E-state index is -1.48. The Hall–Kier alpha value is -2.83. The number of nitrogens with two attached hydrogens (primary N) is 1. The number of aromatic hydroxyl groups is 1. The Morgan fingerprint density at radius 2 is 1.45 bits per heavy atom. The number of hydrogen-bond acceptors (Lipinski definition) is 8. The van der Waals surface area contributed by atoms with E-state index in [1.807, 2.05) is 0 Å². The van der Waals surface area contributed by atoms with E-state index in [4.69, 9.17) is 5.73 Å². The molecule has 0 heterocycles. The normalized spacial score (nSPS) is 15.6. The monoisotopic (exact) mass is 484 g/mol. The molecule has 0 aliphatic carbocycles. The van der Waals surface area contributed by atoms with Crippen LogP contribution in [0.1, 0.15) is 26.3 Å². The minimum absolute atomic E-state index is 0.00802. The number of amides is 3. The van der Waals surface area contributed by atoms with Gasteiger partial charge in [0.05, 0.1) is 12.1 Å². The Bertz CT molecular complexity index is 832. The molecule has 0 fully saturated rings. The van der Waals surface area contributed by atoms with E-state index < -0.39 is 54.0 Å². The molecule has 33 heavy (non-hydrogen) atoms. The van der Waals surface area contributed by atoms with E-state index in [0.29, 0.717) is 5.56 Å². The second-order valence-electron chi connectivity index (χ2n) is 8.02. The number of phenols is 1. The van der Waals surface area contributed by atoms with E-state index in [2.05, 4.69) is 28.6 Å². The molecule has 184 valence electrons. The average molecular weight is 485 g/mol. The summed E-state index contributed by atoms with van der Waals surface area (Å²) in [4.78, 5) is 49.3. The molecule has 0 bridgehead atoms.